The van der Waals surface area contributed by atoms with Gasteiger partial charge in [-0.3, -0.25) is 5.32 Å². The quantitative estimate of drug-likeness (QED) is 0.538. The zero-order valence-electron chi connectivity index (χ0n) is 10.4. The van der Waals surface area contributed by atoms with Gasteiger partial charge in [-0.25, -0.2) is 0 Å². The van der Waals surface area contributed by atoms with Gasteiger partial charge in [0, 0.05) is 6.54 Å². The van der Waals surface area contributed by atoms with E-state index in [1.165, 1.54) is 0 Å². The molecule has 0 atom stereocenters. The number of nitrogens with two attached hydrogens (primary N) is 2. The fraction of sp³-hybridized carbons (Fsp3) is 0.538. The zero-order valence-corrected chi connectivity index (χ0v) is 10.4. The van der Waals surface area contributed by atoms with Crippen molar-refractivity contribution < 1.29 is 5.11 Å². The normalized spacial score (nSPS) is 11.7. The van der Waals surface area contributed by atoms with Crippen LogP contribution in [0.15, 0.2) is 24.3 Å². The second-order valence-corrected chi connectivity index (χ2v) is 4.49. The summed E-state index contributed by atoms with van der Waals surface area (Å²) in [6, 6.07) is 7.17. The Morgan fingerprint density at radius 1 is 1.24 bits per heavy atom. The molecule has 0 aliphatic rings. The molecular formula is C13H23N3O. The summed E-state index contributed by atoms with van der Waals surface area (Å²) < 4.78 is 0. The average Bonchev–Trinajstić information content (AvgIpc) is 2.29. The molecule has 0 saturated carbocycles. The minimum atomic E-state index is -0.771. The summed E-state index contributed by atoms with van der Waals surface area (Å²) in [6.45, 7) is 2.86. The topological polar surface area (TPSA) is 84.3 Å². The highest BCUT2D eigenvalue weighted by molar-refractivity contribution is 5.25. The van der Waals surface area contributed by atoms with Crippen LogP contribution in [0.25, 0.3) is 0 Å². The Kier molecular flexibility index (Phi) is 5.41. The van der Waals surface area contributed by atoms with Crippen LogP contribution >= 0.6 is 0 Å². The molecular weight excluding hydrogens is 214 g/mol. The molecule has 4 heteroatoms. The van der Waals surface area contributed by atoms with Crippen LogP contribution in [0.3, 0.4) is 0 Å². The van der Waals surface area contributed by atoms with Crippen LogP contribution in [0.4, 0.5) is 0 Å². The second-order valence-electron chi connectivity index (χ2n) is 4.49. The van der Waals surface area contributed by atoms with E-state index in [9.17, 15) is 0 Å². The first-order valence-electron chi connectivity index (χ1n) is 6.14. The standard InChI is InChI=1S/C13H23N3O/c1-2-3-9-13(14,15)16-10-8-11-4-6-12(17)7-5-11/h4-7,16-17H,2-3,8-10,14-15H2,1H3. The van der Waals surface area contributed by atoms with Crippen molar-refractivity contribution >= 4 is 0 Å². The van der Waals surface area contributed by atoms with Gasteiger partial charge in [0.05, 0.1) is 0 Å². The summed E-state index contributed by atoms with van der Waals surface area (Å²) in [5, 5.41) is 12.3. The Labute approximate surface area is 103 Å². The van der Waals surface area contributed by atoms with E-state index in [0.29, 0.717) is 0 Å². The Morgan fingerprint density at radius 3 is 2.47 bits per heavy atom. The first-order valence-corrected chi connectivity index (χ1v) is 6.14. The third kappa shape index (κ3) is 5.68. The highest BCUT2D eigenvalue weighted by Gasteiger charge is 2.16. The van der Waals surface area contributed by atoms with Gasteiger partial charge in [0.15, 0.2) is 0 Å². The van der Waals surface area contributed by atoms with Crippen LogP contribution in [0, 0.1) is 0 Å². The second kappa shape index (κ2) is 6.59. The Balaban J connectivity index is 2.29. The van der Waals surface area contributed by atoms with E-state index in [1.54, 1.807) is 12.1 Å². The van der Waals surface area contributed by atoms with E-state index in [1.807, 2.05) is 12.1 Å². The van der Waals surface area contributed by atoms with Crippen LogP contribution in [0.1, 0.15) is 31.7 Å². The molecule has 6 N–H and O–H groups in total. The van der Waals surface area contributed by atoms with E-state index in [0.717, 1.165) is 37.8 Å². The van der Waals surface area contributed by atoms with E-state index >= 15 is 0 Å². The maximum atomic E-state index is 9.15. The summed E-state index contributed by atoms with van der Waals surface area (Å²) >= 11 is 0. The van der Waals surface area contributed by atoms with Crippen LogP contribution in [-0.4, -0.2) is 17.4 Å². The third-order valence-corrected chi connectivity index (χ3v) is 2.75. The lowest BCUT2D eigenvalue weighted by atomic mass is 10.1. The van der Waals surface area contributed by atoms with Crippen molar-refractivity contribution in [1.82, 2.24) is 5.32 Å². The van der Waals surface area contributed by atoms with Gasteiger partial charge in [-0.05, 0) is 37.0 Å². The molecule has 17 heavy (non-hydrogen) atoms. The molecule has 96 valence electrons. The average molecular weight is 237 g/mol. The Morgan fingerprint density at radius 2 is 1.88 bits per heavy atom. The number of hydrogen-bond acceptors (Lipinski definition) is 4. The highest BCUT2D eigenvalue weighted by Crippen LogP contribution is 2.10. The molecule has 0 aliphatic carbocycles. The molecule has 0 aliphatic heterocycles. The summed E-state index contributed by atoms with van der Waals surface area (Å²) in [7, 11) is 0. The van der Waals surface area contributed by atoms with Gasteiger partial charge >= 0.3 is 0 Å². The van der Waals surface area contributed by atoms with E-state index < -0.39 is 5.79 Å². The molecule has 4 nitrogen and oxygen atoms in total. The smallest absolute Gasteiger partial charge is 0.118 e. The van der Waals surface area contributed by atoms with Gasteiger partial charge in [-0.1, -0.05) is 25.5 Å². The predicted molar refractivity (Wildman–Crippen MR) is 70.4 cm³/mol. The van der Waals surface area contributed by atoms with E-state index in [-0.39, 0.29) is 5.75 Å². The monoisotopic (exact) mass is 237 g/mol. The molecule has 0 fully saturated rings. The summed E-state index contributed by atoms with van der Waals surface area (Å²) in [4.78, 5) is 0. The molecule has 1 aromatic rings. The minimum Gasteiger partial charge on any atom is -0.508 e. The van der Waals surface area contributed by atoms with Gasteiger partial charge in [-0.15, -0.1) is 0 Å². The molecule has 0 heterocycles. The van der Waals surface area contributed by atoms with Crippen molar-refractivity contribution in [2.45, 2.75) is 38.4 Å². The van der Waals surface area contributed by atoms with Crippen molar-refractivity contribution in [1.29, 1.82) is 0 Å². The molecule has 0 bridgehead atoms. The molecule has 0 unspecified atom stereocenters. The SMILES string of the molecule is CCCCC(N)(N)NCCc1ccc(O)cc1. The molecule has 0 spiro atoms. The van der Waals surface area contributed by atoms with Gasteiger partial charge in [0.2, 0.25) is 0 Å². The third-order valence-electron chi connectivity index (χ3n) is 2.75. The van der Waals surface area contributed by atoms with Crippen LogP contribution in [0.2, 0.25) is 0 Å². The highest BCUT2D eigenvalue weighted by atomic mass is 16.3. The number of unbranched alkanes of at least 4 members (excludes halogenated alkanes) is 1. The van der Waals surface area contributed by atoms with Crippen LogP contribution in [-0.2, 0) is 6.42 Å². The molecule has 0 aromatic heterocycles. The van der Waals surface area contributed by atoms with Gasteiger partial charge in [-0.2, -0.15) is 0 Å². The molecule has 1 rings (SSSR count). The van der Waals surface area contributed by atoms with Crippen molar-refractivity contribution in [3.63, 3.8) is 0 Å². The van der Waals surface area contributed by atoms with Crippen molar-refractivity contribution in [3.8, 4) is 5.75 Å². The van der Waals surface area contributed by atoms with Crippen molar-refractivity contribution in [2.24, 2.45) is 11.5 Å². The number of hydrogen-bond donors (Lipinski definition) is 4. The lowest BCUT2D eigenvalue weighted by Gasteiger charge is -2.26. The summed E-state index contributed by atoms with van der Waals surface area (Å²) in [5.74, 6) is -0.482. The number of aromatic hydroxyl groups is 1. The number of nitrogens with one attached hydrogen (secondary N) is 1. The minimum absolute atomic E-state index is 0.289. The van der Waals surface area contributed by atoms with Crippen molar-refractivity contribution in [3.05, 3.63) is 29.8 Å². The largest absolute Gasteiger partial charge is 0.508 e. The fourth-order valence-corrected chi connectivity index (χ4v) is 1.66. The number of rotatable bonds is 7. The van der Waals surface area contributed by atoms with Crippen LogP contribution in [0.5, 0.6) is 5.75 Å². The maximum absolute atomic E-state index is 9.15. The first-order chi connectivity index (χ1) is 8.03. The Hall–Kier alpha value is -1.10. The van der Waals surface area contributed by atoms with Gasteiger partial charge in [0.25, 0.3) is 0 Å². The lowest BCUT2D eigenvalue weighted by Crippen LogP contribution is -2.61. The molecule has 0 saturated heterocycles. The molecule has 0 radical (unpaired) electrons. The van der Waals surface area contributed by atoms with Crippen LogP contribution < -0.4 is 16.8 Å². The van der Waals surface area contributed by atoms with E-state index in [4.69, 9.17) is 16.6 Å². The van der Waals surface area contributed by atoms with Crippen molar-refractivity contribution in [2.75, 3.05) is 6.54 Å². The lowest BCUT2D eigenvalue weighted by molar-refractivity contribution is 0.315. The van der Waals surface area contributed by atoms with Gasteiger partial charge < -0.3 is 16.6 Å². The van der Waals surface area contributed by atoms with E-state index in [2.05, 4.69) is 12.2 Å². The summed E-state index contributed by atoms with van der Waals surface area (Å²) in [6.07, 6.45) is 3.75. The number of benzene rings is 1. The predicted octanol–water partition coefficient (Wildman–Crippen LogP) is 1.29. The number of phenolic OH excluding ortho intramolecular Hbond substituents is 1. The maximum Gasteiger partial charge on any atom is 0.118 e. The van der Waals surface area contributed by atoms with Gasteiger partial charge in [0.1, 0.15) is 11.5 Å². The first kappa shape index (κ1) is 14.0. The zero-order chi connectivity index (χ0) is 12.7. The fourth-order valence-electron chi connectivity index (χ4n) is 1.66. The molecule has 1 aromatic carbocycles. The molecule has 0 amide bonds. The summed E-state index contributed by atoms with van der Waals surface area (Å²) in [5.41, 5.74) is 13.0. The number of phenols is 1. The Bertz CT molecular complexity index is 322.